The van der Waals surface area contributed by atoms with Crippen LogP contribution in [-0.4, -0.2) is 0 Å². The zero-order valence-electron chi connectivity index (χ0n) is 43.1. The van der Waals surface area contributed by atoms with E-state index in [1.165, 1.54) is 212 Å². The van der Waals surface area contributed by atoms with Gasteiger partial charge in [-0.2, -0.15) is 73.5 Å². The van der Waals surface area contributed by atoms with Crippen molar-refractivity contribution in [2.24, 2.45) is 100 Å². The fourth-order valence-electron chi connectivity index (χ4n) is 18.3. The van der Waals surface area contributed by atoms with Crippen LogP contribution in [0.15, 0.2) is 0 Å². The van der Waals surface area contributed by atoms with E-state index in [4.69, 9.17) is 0 Å². The SMILES string of the molecule is CC(C)(C1CCCC1)C1CCCC1.[CH-]1C(CC2[CH-]CC3CCCCC23)CC2CCCCC12.[CH-]1CC2CCCCC2C1CC1[CH-]CC2CCCCC12.[CH-]1CCCC1CC1[CH-]CCC1.[Y].[Y].[Y]. The smallest absolute Gasteiger partial charge is 0 e. The molecule has 0 aromatic heterocycles. The van der Waals surface area contributed by atoms with Crippen LogP contribution in [0.5, 0.6) is 0 Å². The summed E-state index contributed by atoms with van der Waals surface area (Å²) in [5.41, 5.74) is 0.660. The molecule has 0 amide bonds. The molecule has 0 N–H and O–H groups in total. The van der Waals surface area contributed by atoms with Crippen molar-refractivity contribution >= 4 is 0 Å². The standard InChI is InChI=1S/2C19H30.C13H24.C11H18.3Y/c1-3-7-18-14(5-1)9-11-16(18)13-17-12-10-15-6-2-4-8-19(15)17;1-2-7-17-12-14(11-16(17)6-1)13-18-10-9-15-5-3-4-8-19(15)18;1-13(2,11-7-3-4-8-11)12-9-5-6-10-12;1-2-6-10(5-1)9-11-7-3-4-8-11;;;/h11-12,14-19H,1-10,13H2;10-11,14-19H,1-9,12-13H2;11-12H,3-10H2,1-2H3;5,7,10-11H,1-4,6,8-9H2;;;/q2*-2;;-2;;;. The van der Waals surface area contributed by atoms with Gasteiger partial charge in [-0.1, -0.05) is 216 Å². The minimum absolute atomic E-state index is 0. The first kappa shape index (κ1) is 57.6. The van der Waals surface area contributed by atoms with E-state index in [0.717, 1.165) is 94.7 Å². The van der Waals surface area contributed by atoms with Gasteiger partial charge in [0.25, 0.3) is 0 Å². The maximum Gasteiger partial charge on any atom is 0 e. The number of rotatable bonds is 8. The maximum atomic E-state index is 2.80. The fraction of sp³-hybridized carbons (Fsp3) is 0.903. The van der Waals surface area contributed by atoms with Crippen LogP contribution in [0, 0.1) is 139 Å². The molecule has 0 spiro atoms. The Morgan fingerprint density at radius 1 is 0.354 bits per heavy atom. The van der Waals surface area contributed by atoms with Gasteiger partial charge < -0.3 is 38.5 Å². The van der Waals surface area contributed by atoms with Gasteiger partial charge in [-0.25, -0.2) is 0 Å². The van der Waals surface area contributed by atoms with Crippen LogP contribution in [0.1, 0.15) is 251 Å². The molecule has 3 radical (unpaired) electrons. The minimum Gasteiger partial charge on any atom is -0.326 e. The van der Waals surface area contributed by atoms with Gasteiger partial charge >= 0.3 is 0 Å². The van der Waals surface area contributed by atoms with Crippen molar-refractivity contribution in [1.29, 1.82) is 0 Å². The average Bonchev–Trinajstić information content (AvgIpc) is 4.16. The van der Waals surface area contributed by atoms with Crippen LogP contribution < -0.4 is 0 Å². The van der Waals surface area contributed by atoms with Crippen molar-refractivity contribution in [3.8, 4) is 0 Å². The van der Waals surface area contributed by atoms with Crippen molar-refractivity contribution in [3.63, 3.8) is 0 Å². The van der Waals surface area contributed by atoms with E-state index in [0.29, 0.717) is 5.41 Å². The molecule has 3 heteroatoms. The van der Waals surface area contributed by atoms with Gasteiger partial charge in [-0.15, -0.1) is 19.3 Å². The molecule has 0 nitrogen and oxygen atoms in total. The minimum atomic E-state index is 0. The molecule has 14 atom stereocenters. The van der Waals surface area contributed by atoms with Crippen molar-refractivity contribution in [2.75, 3.05) is 0 Å². The topological polar surface area (TPSA) is 0 Å². The van der Waals surface area contributed by atoms with E-state index < -0.39 is 0 Å². The van der Waals surface area contributed by atoms with E-state index >= 15 is 0 Å². The van der Waals surface area contributed by atoms with E-state index in [1.54, 1.807) is 25.7 Å². The fourth-order valence-corrected chi connectivity index (χ4v) is 18.3. The second-order valence-electron chi connectivity index (χ2n) is 25.8. The van der Waals surface area contributed by atoms with E-state index in [1.807, 2.05) is 0 Å². The summed E-state index contributed by atoms with van der Waals surface area (Å²) < 4.78 is 0. The summed E-state index contributed by atoms with van der Waals surface area (Å²) in [5.74, 6) is 16.6. The summed E-state index contributed by atoms with van der Waals surface area (Å²) in [6, 6.07) is 0. The quantitative estimate of drug-likeness (QED) is 0.213. The molecule has 12 aliphatic carbocycles. The zero-order valence-corrected chi connectivity index (χ0v) is 51.6. The molecule has 14 unspecified atom stereocenters. The largest absolute Gasteiger partial charge is 0.326 e. The molecular formula is C62H102Y3-6. The van der Waals surface area contributed by atoms with Crippen LogP contribution in [-0.2, 0) is 98.1 Å². The van der Waals surface area contributed by atoms with Crippen molar-refractivity contribution in [2.45, 2.75) is 251 Å². The molecule has 12 fully saturated rings. The molecule has 12 rings (SSSR count). The van der Waals surface area contributed by atoms with Crippen LogP contribution in [0.4, 0.5) is 0 Å². The van der Waals surface area contributed by atoms with Crippen molar-refractivity contribution in [3.05, 3.63) is 38.5 Å². The predicted octanol–water partition coefficient (Wildman–Crippen LogP) is 18.6. The van der Waals surface area contributed by atoms with Gasteiger partial charge in [0, 0.05) is 98.1 Å². The zero-order chi connectivity index (χ0) is 42.1. The summed E-state index contributed by atoms with van der Waals surface area (Å²) in [7, 11) is 0. The summed E-state index contributed by atoms with van der Waals surface area (Å²) >= 11 is 0. The van der Waals surface area contributed by atoms with E-state index in [-0.39, 0.29) is 98.1 Å². The molecular weight excluding hydrogens is 1010 g/mol. The summed E-state index contributed by atoms with van der Waals surface area (Å²) in [4.78, 5) is 0. The number of hydrogen-bond donors (Lipinski definition) is 0. The summed E-state index contributed by atoms with van der Waals surface area (Å²) in [6.45, 7) is 5.08. The van der Waals surface area contributed by atoms with Crippen LogP contribution in [0.3, 0.4) is 0 Å². The molecule has 0 aromatic carbocycles. The molecule has 65 heavy (non-hydrogen) atoms. The number of fused-ring (bicyclic) bond motifs is 4. The van der Waals surface area contributed by atoms with Crippen LogP contribution in [0.2, 0.25) is 0 Å². The predicted molar refractivity (Wildman–Crippen MR) is 266 cm³/mol. The Balaban J connectivity index is 0.000000145. The molecule has 0 bridgehead atoms. The molecule has 12 aliphatic rings. The third-order valence-electron chi connectivity index (χ3n) is 22.0. The molecule has 365 valence electrons. The Morgan fingerprint density at radius 2 is 0.738 bits per heavy atom. The van der Waals surface area contributed by atoms with Gasteiger partial charge in [0.15, 0.2) is 0 Å². The van der Waals surface area contributed by atoms with Crippen molar-refractivity contribution in [1.82, 2.24) is 0 Å². The van der Waals surface area contributed by atoms with Gasteiger partial charge in [-0.3, -0.25) is 0 Å². The first-order valence-corrected chi connectivity index (χ1v) is 29.5. The van der Waals surface area contributed by atoms with Gasteiger partial charge in [-0.05, 0) is 42.9 Å². The molecule has 0 aromatic rings. The molecule has 0 heterocycles. The van der Waals surface area contributed by atoms with Crippen molar-refractivity contribution < 1.29 is 98.1 Å². The second-order valence-corrected chi connectivity index (χ2v) is 25.8. The Kier molecular flexibility index (Phi) is 26.1. The maximum absolute atomic E-state index is 2.80. The van der Waals surface area contributed by atoms with E-state index in [9.17, 15) is 0 Å². The first-order chi connectivity index (χ1) is 30.5. The van der Waals surface area contributed by atoms with Gasteiger partial charge in [0.1, 0.15) is 0 Å². The monoisotopic (exact) mass is 1110 g/mol. The Bertz CT molecular complexity index is 1190. The van der Waals surface area contributed by atoms with Crippen LogP contribution >= 0.6 is 0 Å². The normalized spacial score (nSPS) is 41.1. The van der Waals surface area contributed by atoms with Gasteiger partial charge in [0.05, 0.1) is 0 Å². The number of hydrogen-bond acceptors (Lipinski definition) is 0. The van der Waals surface area contributed by atoms with Crippen LogP contribution in [0.25, 0.3) is 0 Å². The third kappa shape index (κ3) is 15.9. The summed E-state index contributed by atoms with van der Waals surface area (Å²) in [6.07, 6.45) is 71.7. The average molecular weight is 1110 g/mol. The first-order valence-electron chi connectivity index (χ1n) is 29.5. The summed E-state index contributed by atoms with van der Waals surface area (Å²) in [5, 5.41) is 0. The molecule has 0 aliphatic heterocycles. The second kappa shape index (κ2) is 29.4. The third-order valence-corrected chi connectivity index (χ3v) is 22.0. The molecule has 0 saturated heterocycles. The Morgan fingerprint density at radius 3 is 1.15 bits per heavy atom. The van der Waals surface area contributed by atoms with Gasteiger partial charge in [0.2, 0.25) is 0 Å². The Hall–Kier alpha value is 3.31. The Labute approximate surface area is 482 Å². The molecule has 12 saturated carbocycles. The van der Waals surface area contributed by atoms with E-state index in [2.05, 4.69) is 52.4 Å².